The van der Waals surface area contributed by atoms with Crippen LogP contribution in [0, 0.1) is 5.82 Å². The molecular weight excluding hydrogens is 383 g/mol. The minimum absolute atomic E-state index is 0.223. The highest BCUT2D eigenvalue weighted by Crippen LogP contribution is 2.54. The van der Waals surface area contributed by atoms with Crippen LogP contribution in [0.4, 0.5) is 4.39 Å². The zero-order chi connectivity index (χ0) is 20.5. The number of aryl methyl sites for hydroxylation is 1. The van der Waals surface area contributed by atoms with Crippen molar-refractivity contribution in [2.24, 2.45) is 0 Å². The molecule has 0 unspecified atom stereocenters. The summed E-state index contributed by atoms with van der Waals surface area (Å²) in [6.45, 7) is 1.36. The number of nitrogens with zero attached hydrogens (tertiary/aromatic N) is 6. The SMILES string of the molecule is COCCCn1cc2c(F)cc([C@@H]3C[C@H]3c3cnc(-c4ncccn4)nc3)cc2n1. The van der Waals surface area contributed by atoms with Gasteiger partial charge in [0.15, 0.2) is 11.6 Å². The summed E-state index contributed by atoms with van der Waals surface area (Å²) in [5.74, 6) is 1.33. The Hall–Kier alpha value is -3.26. The zero-order valence-corrected chi connectivity index (χ0v) is 16.6. The van der Waals surface area contributed by atoms with Gasteiger partial charge in [-0.25, -0.2) is 24.3 Å². The summed E-state index contributed by atoms with van der Waals surface area (Å²) in [6, 6.07) is 5.40. The molecule has 0 aliphatic heterocycles. The van der Waals surface area contributed by atoms with Crippen LogP contribution in [0.1, 0.15) is 35.8 Å². The molecule has 0 N–H and O–H groups in total. The molecule has 1 fully saturated rings. The molecule has 30 heavy (non-hydrogen) atoms. The van der Waals surface area contributed by atoms with Crippen molar-refractivity contribution in [3.05, 3.63) is 66.1 Å². The number of rotatable bonds is 7. The lowest BCUT2D eigenvalue weighted by molar-refractivity contribution is 0.189. The maximum Gasteiger partial charge on any atom is 0.197 e. The predicted molar refractivity (Wildman–Crippen MR) is 109 cm³/mol. The van der Waals surface area contributed by atoms with Crippen molar-refractivity contribution in [2.45, 2.75) is 31.2 Å². The van der Waals surface area contributed by atoms with Crippen LogP contribution >= 0.6 is 0 Å². The quantitative estimate of drug-likeness (QED) is 0.437. The Bertz CT molecular complexity index is 1160. The lowest BCUT2D eigenvalue weighted by Crippen LogP contribution is -2.01. The third-order valence-corrected chi connectivity index (χ3v) is 5.46. The van der Waals surface area contributed by atoms with Gasteiger partial charge in [-0.05, 0) is 54.0 Å². The monoisotopic (exact) mass is 404 g/mol. The molecule has 0 saturated heterocycles. The number of ether oxygens (including phenoxy) is 1. The van der Waals surface area contributed by atoms with Gasteiger partial charge in [-0.15, -0.1) is 0 Å². The first-order valence-electron chi connectivity index (χ1n) is 9.98. The molecule has 0 bridgehead atoms. The smallest absolute Gasteiger partial charge is 0.197 e. The molecule has 0 amide bonds. The minimum atomic E-state index is -0.223. The Morgan fingerprint density at radius 3 is 2.53 bits per heavy atom. The molecule has 2 atom stereocenters. The van der Waals surface area contributed by atoms with Crippen molar-refractivity contribution < 1.29 is 9.13 Å². The summed E-state index contributed by atoms with van der Waals surface area (Å²) in [5.41, 5.74) is 2.72. The second-order valence-corrected chi connectivity index (χ2v) is 7.54. The van der Waals surface area contributed by atoms with Gasteiger partial charge in [0.25, 0.3) is 0 Å². The van der Waals surface area contributed by atoms with Gasteiger partial charge >= 0.3 is 0 Å². The van der Waals surface area contributed by atoms with Crippen LogP contribution in [-0.4, -0.2) is 43.4 Å². The van der Waals surface area contributed by atoms with Gasteiger partial charge in [0.2, 0.25) is 0 Å². The number of halogens is 1. The molecule has 4 aromatic rings. The minimum Gasteiger partial charge on any atom is -0.385 e. The number of hydrogen-bond acceptors (Lipinski definition) is 6. The van der Waals surface area contributed by atoms with E-state index in [0.29, 0.717) is 35.7 Å². The van der Waals surface area contributed by atoms with Crippen molar-refractivity contribution in [3.8, 4) is 11.6 Å². The summed E-state index contributed by atoms with van der Waals surface area (Å²) in [6.07, 6.45) is 10.5. The molecule has 1 aliphatic carbocycles. The van der Waals surface area contributed by atoms with E-state index in [2.05, 4.69) is 25.0 Å². The largest absolute Gasteiger partial charge is 0.385 e. The highest BCUT2D eigenvalue weighted by molar-refractivity contribution is 5.80. The number of methoxy groups -OCH3 is 1. The zero-order valence-electron chi connectivity index (χ0n) is 16.6. The molecule has 3 heterocycles. The summed E-state index contributed by atoms with van der Waals surface area (Å²) in [5, 5.41) is 5.10. The second-order valence-electron chi connectivity index (χ2n) is 7.54. The third-order valence-electron chi connectivity index (χ3n) is 5.46. The van der Waals surface area contributed by atoms with E-state index in [0.717, 1.165) is 24.0 Å². The second kappa shape index (κ2) is 7.87. The molecule has 3 aromatic heterocycles. The van der Waals surface area contributed by atoms with Crippen molar-refractivity contribution in [3.63, 3.8) is 0 Å². The van der Waals surface area contributed by atoms with Gasteiger partial charge in [0.1, 0.15) is 5.82 Å². The Kier molecular flexibility index (Phi) is 4.92. The molecule has 0 radical (unpaired) electrons. The standard InChI is InChI=1S/C22H21FN6O/c1-30-7-3-6-29-13-18-19(23)8-14(9-20(18)28-29)16-10-17(16)15-11-26-22(27-12-15)21-24-4-2-5-25-21/h2,4-5,8-9,11-13,16-17H,3,6-7,10H2,1H3/t16-,17-/m0/s1. The summed E-state index contributed by atoms with van der Waals surface area (Å²) < 4.78 is 21.6. The fourth-order valence-corrected chi connectivity index (χ4v) is 3.84. The lowest BCUT2D eigenvalue weighted by atomic mass is 10.0. The van der Waals surface area contributed by atoms with Crippen molar-refractivity contribution >= 4 is 10.9 Å². The van der Waals surface area contributed by atoms with Crippen LogP contribution in [-0.2, 0) is 11.3 Å². The van der Waals surface area contributed by atoms with Crippen molar-refractivity contribution in [2.75, 3.05) is 13.7 Å². The summed E-state index contributed by atoms with van der Waals surface area (Å²) in [4.78, 5) is 17.2. The average Bonchev–Trinajstić information content (AvgIpc) is 3.47. The summed E-state index contributed by atoms with van der Waals surface area (Å²) in [7, 11) is 1.67. The highest BCUT2D eigenvalue weighted by atomic mass is 19.1. The fraction of sp³-hybridized carbons (Fsp3) is 0.318. The number of aromatic nitrogens is 6. The predicted octanol–water partition coefficient (Wildman–Crippen LogP) is 3.73. The third kappa shape index (κ3) is 3.66. The Morgan fingerprint density at radius 1 is 1.03 bits per heavy atom. The van der Waals surface area contributed by atoms with Gasteiger partial charge in [0.05, 0.1) is 10.9 Å². The molecule has 1 saturated carbocycles. The normalized spacial score (nSPS) is 18.1. The van der Waals surface area contributed by atoms with E-state index >= 15 is 0 Å². The van der Waals surface area contributed by atoms with Crippen LogP contribution in [0.25, 0.3) is 22.6 Å². The molecule has 1 aromatic carbocycles. The van der Waals surface area contributed by atoms with Gasteiger partial charge < -0.3 is 4.74 Å². The van der Waals surface area contributed by atoms with E-state index < -0.39 is 0 Å². The maximum absolute atomic E-state index is 14.7. The van der Waals surface area contributed by atoms with Crippen LogP contribution in [0.3, 0.4) is 0 Å². The molecule has 1 aliphatic rings. The lowest BCUT2D eigenvalue weighted by Gasteiger charge is -2.03. The Labute approximate surface area is 173 Å². The molecule has 7 nitrogen and oxygen atoms in total. The van der Waals surface area contributed by atoms with E-state index in [-0.39, 0.29) is 17.7 Å². The number of benzene rings is 1. The molecular formula is C22H21FN6O. The fourth-order valence-electron chi connectivity index (χ4n) is 3.84. The average molecular weight is 404 g/mol. The summed E-state index contributed by atoms with van der Waals surface area (Å²) >= 11 is 0. The van der Waals surface area contributed by atoms with Crippen LogP contribution in [0.5, 0.6) is 0 Å². The molecule has 5 rings (SSSR count). The van der Waals surface area contributed by atoms with Crippen LogP contribution in [0.15, 0.2) is 49.2 Å². The van der Waals surface area contributed by atoms with E-state index in [9.17, 15) is 4.39 Å². The first kappa shape index (κ1) is 18.7. The Balaban J connectivity index is 1.33. The van der Waals surface area contributed by atoms with Crippen LogP contribution in [0.2, 0.25) is 0 Å². The van der Waals surface area contributed by atoms with Gasteiger partial charge in [0, 0.05) is 51.2 Å². The van der Waals surface area contributed by atoms with Crippen molar-refractivity contribution in [1.82, 2.24) is 29.7 Å². The molecule has 152 valence electrons. The topological polar surface area (TPSA) is 78.6 Å². The first-order valence-corrected chi connectivity index (χ1v) is 9.98. The van der Waals surface area contributed by atoms with Crippen molar-refractivity contribution in [1.29, 1.82) is 0 Å². The first-order chi connectivity index (χ1) is 14.7. The van der Waals surface area contributed by atoms with Gasteiger partial charge in [-0.2, -0.15) is 5.10 Å². The van der Waals surface area contributed by atoms with E-state index in [4.69, 9.17) is 4.74 Å². The maximum atomic E-state index is 14.7. The van der Waals surface area contributed by atoms with Gasteiger partial charge in [-0.1, -0.05) is 0 Å². The van der Waals surface area contributed by atoms with Crippen LogP contribution < -0.4 is 0 Å². The van der Waals surface area contributed by atoms with E-state index in [1.165, 1.54) is 0 Å². The molecule has 8 heteroatoms. The molecule has 0 spiro atoms. The van der Waals surface area contributed by atoms with Gasteiger partial charge in [-0.3, -0.25) is 4.68 Å². The van der Waals surface area contributed by atoms with E-state index in [1.54, 1.807) is 42.5 Å². The van der Waals surface area contributed by atoms with E-state index in [1.807, 2.05) is 18.5 Å². The highest BCUT2D eigenvalue weighted by Gasteiger charge is 2.40. The Morgan fingerprint density at radius 2 is 1.77 bits per heavy atom. The number of hydrogen-bond donors (Lipinski definition) is 0. The number of fused-ring (bicyclic) bond motifs is 1.